The lowest BCUT2D eigenvalue weighted by Gasteiger charge is -2.55. The number of likely N-dealkylation sites (tertiary alicyclic amines) is 1. The van der Waals surface area contributed by atoms with E-state index in [0.29, 0.717) is 19.3 Å². The van der Waals surface area contributed by atoms with Gasteiger partial charge in [-0.3, -0.25) is 24.1 Å². The van der Waals surface area contributed by atoms with E-state index in [2.05, 4.69) is 4.90 Å². The largest absolute Gasteiger partial charge is 0.481 e. The molecule has 9 heteroatoms. The molecule has 9 nitrogen and oxygen atoms in total. The van der Waals surface area contributed by atoms with Gasteiger partial charge in [0.2, 0.25) is 0 Å². The molecular formula is C18H28NO8. The van der Waals surface area contributed by atoms with Crippen LogP contribution >= 0.6 is 0 Å². The highest BCUT2D eigenvalue weighted by Crippen LogP contribution is 2.46. The second-order valence-corrected chi connectivity index (χ2v) is 8.45. The summed E-state index contributed by atoms with van der Waals surface area (Å²) in [5.74, 6) is -12.4. The molecule has 1 saturated heterocycles. The predicted molar refractivity (Wildman–Crippen MR) is 94.0 cm³/mol. The molecule has 0 aromatic heterocycles. The van der Waals surface area contributed by atoms with E-state index < -0.39 is 58.6 Å². The Balaban J connectivity index is 3.42. The molecule has 1 heterocycles. The average Bonchev–Trinajstić information content (AvgIpc) is 2.46. The molecule has 0 saturated carbocycles. The van der Waals surface area contributed by atoms with Gasteiger partial charge in [0.25, 0.3) is 0 Å². The fourth-order valence-corrected chi connectivity index (χ4v) is 4.36. The van der Waals surface area contributed by atoms with Crippen LogP contribution in [-0.4, -0.2) is 67.3 Å². The zero-order chi connectivity index (χ0) is 21.3. The summed E-state index contributed by atoms with van der Waals surface area (Å²) in [6.07, 6.45) is 1.03. The lowest BCUT2D eigenvalue weighted by Crippen LogP contribution is -2.60. The second kappa shape index (κ2) is 7.84. The molecule has 0 spiro atoms. The summed E-state index contributed by atoms with van der Waals surface area (Å²) in [6.45, 7) is 7.64. The second-order valence-electron chi connectivity index (χ2n) is 8.45. The maximum atomic E-state index is 12.0. The Kier molecular flexibility index (Phi) is 6.64. The van der Waals surface area contributed by atoms with Gasteiger partial charge in [-0.15, -0.1) is 0 Å². The molecule has 27 heavy (non-hydrogen) atoms. The molecule has 4 N–H and O–H groups in total. The lowest BCUT2D eigenvalue weighted by molar-refractivity contribution is -0.167. The van der Waals surface area contributed by atoms with Gasteiger partial charge in [0.1, 0.15) is 0 Å². The van der Waals surface area contributed by atoms with Crippen molar-refractivity contribution in [3.8, 4) is 0 Å². The highest BCUT2D eigenvalue weighted by Gasteiger charge is 2.53. The van der Waals surface area contributed by atoms with Crippen LogP contribution < -0.4 is 0 Å². The van der Waals surface area contributed by atoms with Crippen molar-refractivity contribution in [2.24, 2.45) is 23.7 Å². The van der Waals surface area contributed by atoms with Gasteiger partial charge in [0.15, 0.2) is 0 Å². The number of hydrogen-bond donors (Lipinski definition) is 4. The lowest BCUT2D eigenvalue weighted by atomic mass is 9.64. The van der Waals surface area contributed by atoms with E-state index in [4.69, 9.17) is 5.11 Å². The van der Waals surface area contributed by atoms with E-state index in [9.17, 15) is 34.5 Å². The van der Waals surface area contributed by atoms with Gasteiger partial charge in [0, 0.05) is 11.1 Å². The Morgan fingerprint density at radius 2 is 1.33 bits per heavy atom. The molecule has 1 aliphatic rings. The Morgan fingerprint density at radius 1 is 0.889 bits per heavy atom. The molecule has 153 valence electrons. The zero-order valence-electron chi connectivity index (χ0n) is 16.2. The van der Waals surface area contributed by atoms with Crippen LogP contribution in [0.1, 0.15) is 40.5 Å². The maximum absolute atomic E-state index is 12.0. The quantitative estimate of drug-likeness (QED) is 0.483. The normalized spacial score (nSPS) is 23.1. The number of carbonyl (C=O) groups is 4. The minimum atomic E-state index is -1.95. The maximum Gasteiger partial charge on any atom is 0.308 e. The Hall–Kier alpha value is -2.16. The number of nitrogens with zero attached hydrogens (tertiary/aromatic N) is 1. The van der Waals surface area contributed by atoms with Gasteiger partial charge in [0.05, 0.1) is 24.2 Å². The third-order valence-electron chi connectivity index (χ3n) is 5.80. The topological polar surface area (TPSA) is 152 Å². The summed E-state index contributed by atoms with van der Waals surface area (Å²) in [6, 6.07) is 0. The molecule has 3 unspecified atom stereocenters. The minimum absolute atomic E-state index is 0.340. The smallest absolute Gasteiger partial charge is 0.308 e. The number of carboxylic acid groups (broad SMARTS) is 4. The van der Waals surface area contributed by atoms with E-state index >= 15 is 0 Å². The number of carboxylic acids is 4. The summed E-state index contributed by atoms with van der Waals surface area (Å²) >= 11 is 0. The number of hydrogen-bond acceptors (Lipinski definition) is 5. The van der Waals surface area contributed by atoms with E-state index in [1.807, 2.05) is 34.7 Å². The van der Waals surface area contributed by atoms with E-state index in [1.54, 1.807) is 0 Å². The standard InChI is InChI=1S/C18H28NO8/c1-17(2)7-9(8-18(3,4)19(17)5)12(15(24)25)13(16(26)27)10(14(22)23)6-11(20)21/h6,9-10,12-13H,7-8H2,1-5H3,(H,20,21)(H,22,23)(H,24,25)(H,26,27). The first-order valence-electron chi connectivity index (χ1n) is 8.62. The molecular weight excluding hydrogens is 358 g/mol. The first-order chi connectivity index (χ1) is 12.1. The number of piperidine rings is 1. The fraction of sp³-hybridized carbons (Fsp3) is 0.722. The van der Waals surface area contributed by atoms with Gasteiger partial charge in [-0.1, -0.05) is 0 Å². The first kappa shape index (κ1) is 22.9. The Labute approximate surface area is 158 Å². The van der Waals surface area contributed by atoms with Crippen molar-refractivity contribution in [2.75, 3.05) is 7.05 Å². The molecule has 1 radical (unpaired) electrons. The Bertz CT molecular complexity index is 609. The molecule has 0 aliphatic carbocycles. The van der Waals surface area contributed by atoms with E-state index in [-0.39, 0.29) is 0 Å². The van der Waals surface area contributed by atoms with Gasteiger partial charge in [-0.2, -0.15) is 0 Å². The SMILES string of the molecule is CN1C(C)(C)CC(C(C(=O)O)C(C(=O)O)C([CH]C(=O)O)C(=O)O)CC1(C)C. The van der Waals surface area contributed by atoms with Gasteiger partial charge in [-0.25, -0.2) is 0 Å². The zero-order valence-corrected chi connectivity index (χ0v) is 16.2. The molecule has 1 rings (SSSR count). The van der Waals surface area contributed by atoms with Crippen molar-refractivity contribution in [1.29, 1.82) is 0 Å². The predicted octanol–water partition coefficient (Wildman–Crippen LogP) is 1.28. The molecule has 0 amide bonds. The summed E-state index contributed by atoms with van der Waals surface area (Å²) in [4.78, 5) is 48.5. The van der Waals surface area contributed by atoms with Crippen molar-refractivity contribution >= 4 is 23.9 Å². The summed E-state index contributed by atoms with van der Waals surface area (Å²) < 4.78 is 0. The Morgan fingerprint density at radius 3 is 1.63 bits per heavy atom. The highest BCUT2D eigenvalue weighted by molar-refractivity contribution is 5.91. The van der Waals surface area contributed by atoms with Gasteiger partial charge < -0.3 is 20.4 Å². The fourth-order valence-electron chi connectivity index (χ4n) is 4.36. The van der Waals surface area contributed by atoms with Crippen LogP contribution in [0.5, 0.6) is 0 Å². The van der Waals surface area contributed by atoms with Gasteiger partial charge in [-0.05, 0) is 53.5 Å². The van der Waals surface area contributed by atoms with Crippen molar-refractivity contribution in [1.82, 2.24) is 4.90 Å². The van der Waals surface area contributed by atoms with E-state index in [0.717, 1.165) is 0 Å². The van der Waals surface area contributed by atoms with Gasteiger partial charge >= 0.3 is 23.9 Å². The van der Waals surface area contributed by atoms with Crippen LogP contribution in [0, 0.1) is 30.1 Å². The summed E-state index contributed by atoms with van der Waals surface area (Å²) in [5, 5.41) is 37.7. The molecule has 3 atom stereocenters. The monoisotopic (exact) mass is 386 g/mol. The molecule has 0 aromatic rings. The van der Waals surface area contributed by atoms with Crippen molar-refractivity contribution in [2.45, 2.75) is 51.6 Å². The number of aliphatic carboxylic acids is 4. The average molecular weight is 386 g/mol. The first-order valence-corrected chi connectivity index (χ1v) is 8.62. The van der Waals surface area contributed by atoms with Crippen LogP contribution in [0.15, 0.2) is 0 Å². The van der Waals surface area contributed by atoms with Crippen molar-refractivity contribution < 1.29 is 39.6 Å². The summed E-state index contributed by atoms with van der Waals surface area (Å²) in [7, 11) is 1.90. The molecule has 0 bridgehead atoms. The van der Waals surface area contributed by atoms with E-state index in [1.165, 1.54) is 0 Å². The molecule has 0 aromatic carbocycles. The minimum Gasteiger partial charge on any atom is -0.481 e. The molecule has 1 aliphatic heterocycles. The van der Waals surface area contributed by atoms with Crippen LogP contribution in [0.4, 0.5) is 0 Å². The van der Waals surface area contributed by atoms with Crippen molar-refractivity contribution in [3.05, 3.63) is 6.42 Å². The molecule has 1 fully saturated rings. The van der Waals surface area contributed by atoms with Crippen LogP contribution in [0.2, 0.25) is 0 Å². The highest BCUT2D eigenvalue weighted by atomic mass is 16.4. The van der Waals surface area contributed by atoms with Crippen molar-refractivity contribution in [3.63, 3.8) is 0 Å². The summed E-state index contributed by atoms with van der Waals surface area (Å²) in [5.41, 5.74) is -0.892. The third kappa shape index (κ3) is 4.97. The van der Waals surface area contributed by atoms with Crippen LogP contribution in [0.3, 0.4) is 0 Å². The van der Waals surface area contributed by atoms with Crippen LogP contribution in [0.25, 0.3) is 0 Å². The third-order valence-corrected chi connectivity index (χ3v) is 5.80. The number of rotatable bonds is 8. The van der Waals surface area contributed by atoms with Crippen LogP contribution in [-0.2, 0) is 19.2 Å².